The van der Waals surface area contributed by atoms with E-state index in [0.29, 0.717) is 13.0 Å². The third kappa shape index (κ3) is 2.38. The van der Waals surface area contributed by atoms with Crippen LogP contribution in [0, 0.1) is 0 Å². The quantitative estimate of drug-likeness (QED) is 0.791. The third-order valence-corrected chi connectivity index (χ3v) is 2.94. The molecular formula is C14H18N2O. The summed E-state index contributed by atoms with van der Waals surface area (Å²) in [5, 5.41) is 0. The van der Waals surface area contributed by atoms with Gasteiger partial charge in [0, 0.05) is 12.8 Å². The van der Waals surface area contributed by atoms with Crippen LogP contribution in [-0.2, 0) is 17.8 Å². The molecule has 1 aromatic heterocycles. The standard InChI is InChI=1S/C14H18N2O/c1-3-7-14-15-12-8-5-6-9-13(12)16(14)10-11(17)4-2/h5-6,8-9H,3-4,7,10H2,1-2H3. The van der Waals surface area contributed by atoms with Crippen molar-refractivity contribution in [3.8, 4) is 0 Å². The van der Waals surface area contributed by atoms with Crippen molar-refractivity contribution < 1.29 is 4.79 Å². The molecule has 1 heterocycles. The van der Waals surface area contributed by atoms with E-state index in [1.54, 1.807) is 0 Å². The molecule has 0 amide bonds. The number of aryl methyl sites for hydroxylation is 1. The fraction of sp³-hybridized carbons (Fsp3) is 0.429. The van der Waals surface area contributed by atoms with Gasteiger partial charge in [0.05, 0.1) is 17.6 Å². The molecule has 0 aliphatic carbocycles. The monoisotopic (exact) mass is 230 g/mol. The molecule has 2 rings (SSSR count). The Morgan fingerprint density at radius 1 is 1.29 bits per heavy atom. The number of ketones is 1. The minimum Gasteiger partial charge on any atom is -0.320 e. The second-order valence-corrected chi connectivity index (χ2v) is 4.25. The highest BCUT2D eigenvalue weighted by Crippen LogP contribution is 2.17. The first-order valence-electron chi connectivity index (χ1n) is 6.22. The number of aromatic nitrogens is 2. The van der Waals surface area contributed by atoms with Crippen LogP contribution in [0.3, 0.4) is 0 Å². The number of rotatable bonds is 5. The Morgan fingerprint density at radius 2 is 2.06 bits per heavy atom. The zero-order chi connectivity index (χ0) is 12.3. The first-order valence-corrected chi connectivity index (χ1v) is 6.22. The van der Waals surface area contributed by atoms with E-state index in [4.69, 9.17) is 0 Å². The molecule has 0 radical (unpaired) electrons. The van der Waals surface area contributed by atoms with Crippen molar-refractivity contribution in [2.24, 2.45) is 0 Å². The van der Waals surface area contributed by atoms with Crippen LogP contribution in [0.2, 0.25) is 0 Å². The Kier molecular flexibility index (Phi) is 3.57. The Labute approximate surface area is 101 Å². The summed E-state index contributed by atoms with van der Waals surface area (Å²) in [6.07, 6.45) is 2.55. The molecule has 1 aromatic carbocycles. The maximum absolute atomic E-state index is 11.6. The largest absolute Gasteiger partial charge is 0.320 e. The van der Waals surface area contributed by atoms with Crippen LogP contribution in [0.15, 0.2) is 24.3 Å². The van der Waals surface area contributed by atoms with Gasteiger partial charge in [-0.1, -0.05) is 26.0 Å². The lowest BCUT2D eigenvalue weighted by molar-refractivity contribution is -0.119. The van der Waals surface area contributed by atoms with Crippen molar-refractivity contribution in [2.45, 2.75) is 39.7 Å². The van der Waals surface area contributed by atoms with Crippen LogP contribution < -0.4 is 0 Å². The number of Topliss-reactive ketones (excluding diaryl/α,β-unsaturated/α-hetero) is 1. The summed E-state index contributed by atoms with van der Waals surface area (Å²) in [6, 6.07) is 8.01. The van der Waals surface area contributed by atoms with Crippen LogP contribution in [0.5, 0.6) is 0 Å². The number of imidazole rings is 1. The van der Waals surface area contributed by atoms with Crippen molar-refractivity contribution in [1.82, 2.24) is 9.55 Å². The molecule has 0 unspecified atom stereocenters. The van der Waals surface area contributed by atoms with Crippen molar-refractivity contribution in [3.63, 3.8) is 0 Å². The minimum absolute atomic E-state index is 0.255. The lowest BCUT2D eigenvalue weighted by atomic mass is 10.2. The SMILES string of the molecule is CCCc1nc2ccccc2n1CC(=O)CC. The molecule has 0 N–H and O–H groups in total. The van der Waals surface area contributed by atoms with Crippen LogP contribution >= 0.6 is 0 Å². The average Bonchev–Trinajstić information content (AvgIpc) is 2.68. The average molecular weight is 230 g/mol. The normalized spacial score (nSPS) is 10.9. The van der Waals surface area contributed by atoms with Crippen molar-refractivity contribution in [3.05, 3.63) is 30.1 Å². The lowest BCUT2D eigenvalue weighted by Gasteiger charge is -2.06. The van der Waals surface area contributed by atoms with Crippen LogP contribution in [-0.4, -0.2) is 15.3 Å². The van der Waals surface area contributed by atoms with Crippen LogP contribution in [0.25, 0.3) is 11.0 Å². The number of nitrogens with zero attached hydrogens (tertiary/aromatic N) is 2. The van der Waals surface area contributed by atoms with Crippen molar-refractivity contribution in [1.29, 1.82) is 0 Å². The molecule has 90 valence electrons. The first kappa shape index (κ1) is 11.8. The summed E-state index contributed by atoms with van der Waals surface area (Å²) in [4.78, 5) is 16.2. The van der Waals surface area contributed by atoms with E-state index in [1.807, 2.05) is 31.2 Å². The van der Waals surface area contributed by atoms with E-state index >= 15 is 0 Å². The summed E-state index contributed by atoms with van der Waals surface area (Å²) in [5.74, 6) is 1.28. The number of fused-ring (bicyclic) bond motifs is 1. The van der Waals surface area contributed by atoms with Crippen molar-refractivity contribution >= 4 is 16.8 Å². The van der Waals surface area contributed by atoms with Gasteiger partial charge in [-0.25, -0.2) is 4.98 Å². The molecule has 0 spiro atoms. The van der Waals surface area contributed by atoms with E-state index in [9.17, 15) is 4.79 Å². The summed E-state index contributed by atoms with van der Waals surface area (Å²) < 4.78 is 2.06. The Balaban J connectivity index is 2.47. The fourth-order valence-electron chi connectivity index (χ4n) is 2.00. The first-order chi connectivity index (χ1) is 8.26. The Bertz CT molecular complexity index is 528. The van der Waals surface area contributed by atoms with Crippen molar-refractivity contribution in [2.75, 3.05) is 0 Å². The Morgan fingerprint density at radius 3 is 2.76 bits per heavy atom. The predicted molar refractivity (Wildman–Crippen MR) is 69.0 cm³/mol. The molecule has 0 fully saturated rings. The highest BCUT2D eigenvalue weighted by molar-refractivity contribution is 5.82. The molecule has 2 aromatic rings. The molecule has 3 heteroatoms. The number of para-hydroxylation sites is 2. The zero-order valence-corrected chi connectivity index (χ0v) is 10.4. The topological polar surface area (TPSA) is 34.9 Å². The van der Waals surface area contributed by atoms with E-state index < -0.39 is 0 Å². The second kappa shape index (κ2) is 5.13. The number of hydrogen-bond acceptors (Lipinski definition) is 2. The molecule has 0 saturated carbocycles. The number of hydrogen-bond donors (Lipinski definition) is 0. The predicted octanol–water partition coefficient (Wildman–Crippen LogP) is 2.97. The molecule has 0 aliphatic heterocycles. The van der Waals surface area contributed by atoms with Gasteiger partial charge in [-0.15, -0.1) is 0 Å². The lowest BCUT2D eigenvalue weighted by Crippen LogP contribution is -2.11. The van der Waals surface area contributed by atoms with E-state index in [-0.39, 0.29) is 5.78 Å². The van der Waals surface area contributed by atoms with Gasteiger partial charge in [-0.2, -0.15) is 0 Å². The minimum atomic E-state index is 0.255. The summed E-state index contributed by atoms with van der Waals surface area (Å²) in [6.45, 7) is 4.48. The molecule has 0 atom stereocenters. The smallest absolute Gasteiger partial charge is 0.152 e. The second-order valence-electron chi connectivity index (χ2n) is 4.25. The number of benzene rings is 1. The van der Waals surface area contributed by atoms with Gasteiger partial charge in [0.2, 0.25) is 0 Å². The highest BCUT2D eigenvalue weighted by Gasteiger charge is 2.11. The maximum atomic E-state index is 11.6. The molecule has 17 heavy (non-hydrogen) atoms. The van der Waals surface area contributed by atoms with E-state index in [2.05, 4.69) is 16.5 Å². The van der Waals surface area contributed by atoms with E-state index in [1.165, 1.54) is 0 Å². The summed E-state index contributed by atoms with van der Waals surface area (Å²) in [7, 11) is 0. The maximum Gasteiger partial charge on any atom is 0.152 e. The van der Waals surface area contributed by atoms with Gasteiger partial charge >= 0.3 is 0 Å². The summed E-state index contributed by atoms with van der Waals surface area (Å²) >= 11 is 0. The van der Waals surface area contributed by atoms with Gasteiger partial charge in [0.25, 0.3) is 0 Å². The van der Waals surface area contributed by atoms with Crippen LogP contribution in [0.1, 0.15) is 32.5 Å². The molecule has 0 bridgehead atoms. The molecule has 0 saturated heterocycles. The summed E-state index contributed by atoms with van der Waals surface area (Å²) in [5.41, 5.74) is 2.05. The van der Waals surface area contributed by atoms with Gasteiger partial charge < -0.3 is 4.57 Å². The van der Waals surface area contributed by atoms with Gasteiger partial charge in [-0.3, -0.25) is 4.79 Å². The Hall–Kier alpha value is -1.64. The number of carbonyl (C=O) groups excluding carboxylic acids is 1. The molecule has 0 aliphatic rings. The third-order valence-electron chi connectivity index (χ3n) is 2.94. The van der Waals surface area contributed by atoms with Gasteiger partial charge in [0.15, 0.2) is 5.78 Å². The molecular weight excluding hydrogens is 212 g/mol. The van der Waals surface area contributed by atoms with E-state index in [0.717, 1.165) is 29.7 Å². The highest BCUT2D eigenvalue weighted by atomic mass is 16.1. The van der Waals surface area contributed by atoms with Crippen LogP contribution in [0.4, 0.5) is 0 Å². The zero-order valence-electron chi connectivity index (χ0n) is 10.4. The molecule has 3 nitrogen and oxygen atoms in total. The fourth-order valence-corrected chi connectivity index (χ4v) is 2.00. The van der Waals surface area contributed by atoms with Gasteiger partial charge in [0.1, 0.15) is 5.82 Å². The van der Waals surface area contributed by atoms with Gasteiger partial charge in [-0.05, 0) is 18.6 Å². The number of carbonyl (C=O) groups is 1.